The second-order valence-electron chi connectivity index (χ2n) is 6.53. The summed E-state index contributed by atoms with van der Waals surface area (Å²) in [5.74, 6) is 0. The predicted molar refractivity (Wildman–Crippen MR) is 93.5 cm³/mol. The predicted octanol–water partition coefficient (Wildman–Crippen LogP) is 3.14. The molecule has 5 heteroatoms. The van der Waals surface area contributed by atoms with Crippen LogP contribution in [0, 0.1) is 0 Å². The number of hydrogen-bond donors (Lipinski definition) is 1. The molecule has 2 heterocycles. The summed E-state index contributed by atoms with van der Waals surface area (Å²) in [5.41, 5.74) is 1.33. The molecule has 3 atom stereocenters. The third-order valence-corrected chi connectivity index (χ3v) is 5.23. The second kappa shape index (κ2) is 8.58. The number of aliphatic hydroxyl groups excluding tert-OH is 1. The molecule has 2 aliphatic heterocycles. The highest BCUT2D eigenvalue weighted by Gasteiger charge is 2.27. The van der Waals surface area contributed by atoms with Gasteiger partial charge in [0.2, 0.25) is 0 Å². The van der Waals surface area contributed by atoms with Crippen LogP contribution in [0.1, 0.15) is 37.3 Å². The molecule has 2 saturated heterocycles. The van der Waals surface area contributed by atoms with Gasteiger partial charge in [0.15, 0.2) is 0 Å². The van der Waals surface area contributed by atoms with Gasteiger partial charge in [-0.1, -0.05) is 28.1 Å². The number of benzene rings is 1. The van der Waals surface area contributed by atoms with Crippen molar-refractivity contribution < 1.29 is 14.6 Å². The van der Waals surface area contributed by atoms with E-state index in [0.29, 0.717) is 25.8 Å². The smallest absolute Gasteiger partial charge is 0.0900 e. The Morgan fingerprint density at radius 2 is 2.09 bits per heavy atom. The van der Waals surface area contributed by atoms with Gasteiger partial charge < -0.3 is 14.6 Å². The maximum atomic E-state index is 10.3. The maximum absolute atomic E-state index is 10.3. The largest absolute Gasteiger partial charge is 0.389 e. The van der Waals surface area contributed by atoms with E-state index in [1.54, 1.807) is 0 Å². The number of aliphatic hydroxyl groups is 1. The number of halogens is 1. The Bertz CT molecular complexity index is 476. The van der Waals surface area contributed by atoms with Gasteiger partial charge in [0, 0.05) is 23.7 Å². The third-order valence-electron chi connectivity index (χ3n) is 4.70. The molecule has 1 aromatic carbocycles. The average Bonchev–Trinajstić information content (AvgIpc) is 3.20. The van der Waals surface area contributed by atoms with Crippen molar-refractivity contribution in [1.82, 2.24) is 4.90 Å². The fraction of sp³-hybridized carbons (Fsp3) is 0.667. The molecule has 1 N–H and O–H groups in total. The van der Waals surface area contributed by atoms with Crippen molar-refractivity contribution in [1.29, 1.82) is 0 Å². The Morgan fingerprint density at radius 1 is 1.26 bits per heavy atom. The molecule has 3 rings (SSSR count). The van der Waals surface area contributed by atoms with E-state index in [2.05, 4.69) is 45.1 Å². The lowest BCUT2D eigenvalue weighted by atomic mass is 10.0. The van der Waals surface area contributed by atoms with Gasteiger partial charge in [-0.2, -0.15) is 0 Å². The zero-order chi connectivity index (χ0) is 16.1. The highest BCUT2D eigenvalue weighted by molar-refractivity contribution is 9.10. The lowest BCUT2D eigenvalue weighted by Gasteiger charge is -2.27. The normalized spacial score (nSPS) is 26.7. The lowest BCUT2D eigenvalue weighted by molar-refractivity contribution is -0.0261. The van der Waals surface area contributed by atoms with Gasteiger partial charge in [0.25, 0.3) is 0 Å². The molecular weight excluding hydrogens is 358 g/mol. The second-order valence-corrected chi connectivity index (χ2v) is 7.45. The van der Waals surface area contributed by atoms with Crippen LogP contribution < -0.4 is 0 Å². The van der Waals surface area contributed by atoms with Crippen LogP contribution in [0.4, 0.5) is 0 Å². The summed E-state index contributed by atoms with van der Waals surface area (Å²) in [6.45, 7) is 3.56. The first-order chi connectivity index (χ1) is 11.2. The third kappa shape index (κ3) is 5.00. The van der Waals surface area contributed by atoms with Gasteiger partial charge in [0.05, 0.1) is 25.4 Å². The van der Waals surface area contributed by atoms with Crippen LogP contribution in [0.2, 0.25) is 0 Å². The van der Waals surface area contributed by atoms with Gasteiger partial charge in [0.1, 0.15) is 0 Å². The van der Waals surface area contributed by atoms with E-state index in [-0.39, 0.29) is 6.10 Å². The van der Waals surface area contributed by atoms with E-state index >= 15 is 0 Å². The lowest BCUT2D eigenvalue weighted by Crippen LogP contribution is -2.35. The standard InChI is InChI=1S/C18H26BrNO3/c19-15-7-5-14(6-8-15)18-4-1-9-20(18)11-16(21)12-22-13-17-3-2-10-23-17/h5-8,16-18,21H,1-4,9-13H2/t16-,17+,18-/m0/s1. The van der Waals surface area contributed by atoms with E-state index in [4.69, 9.17) is 9.47 Å². The molecule has 0 aliphatic carbocycles. The minimum atomic E-state index is -0.438. The summed E-state index contributed by atoms with van der Waals surface area (Å²) in [6.07, 6.45) is 4.33. The number of rotatable bonds is 7. The molecule has 4 nitrogen and oxygen atoms in total. The molecule has 23 heavy (non-hydrogen) atoms. The van der Waals surface area contributed by atoms with Crippen molar-refractivity contribution in [3.8, 4) is 0 Å². The van der Waals surface area contributed by atoms with Crippen molar-refractivity contribution in [2.75, 3.05) is 32.9 Å². The molecule has 2 aliphatic rings. The fourth-order valence-electron chi connectivity index (χ4n) is 3.54. The Hall–Kier alpha value is -0.460. The van der Waals surface area contributed by atoms with Crippen LogP contribution in [0.25, 0.3) is 0 Å². The molecule has 0 radical (unpaired) electrons. The summed E-state index contributed by atoms with van der Waals surface area (Å²) in [7, 11) is 0. The van der Waals surface area contributed by atoms with E-state index in [1.165, 1.54) is 12.0 Å². The number of nitrogens with zero attached hydrogens (tertiary/aromatic N) is 1. The fourth-order valence-corrected chi connectivity index (χ4v) is 3.81. The molecule has 0 saturated carbocycles. The van der Waals surface area contributed by atoms with E-state index in [9.17, 15) is 5.11 Å². The van der Waals surface area contributed by atoms with E-state index in [0.717, 1.165) is 36.9 Å². The first kappa shape index (κ1) is 17.4. The Balaban J connectivity index is 1.44. The SMILES string of the molecule is O[C@H](COC[C@H]1CCCO1)CN1CCC[C@H]1c1ccc(Br)cc1. The van der Waals surface area contributed by atoms with Gasteiger partial charge in [-0.3, -0.25) is 4.90 Å². The summed E-state index contributed by atoms with van der Waals surface area (Å²) < 4.78 is 12.3. The molecule has 1 aromatic rings. The van der Waals surface area contributed by atoms with Crippen LogP contribution in [0.3, 0.4) is 0 Å². The maximum Gasteiger partial charge on any atom is 0.0900 e. The summed E-state index contributed by atoms with van der Waals surface area (Å²) in [4.78, 5) is 2.38. The quantitative estimate of drug-likeness (QED) is 0.785. The van der Waals surface area contributed by atoms with Crippen molar-refractivity contribution in [2.45, 2.75) is 43.9 Å². The molecule has 0 amide bonds. The van der Waals surface area contributed by atoms with Crippen LogP contribution in [-0.2, 0) is 9.47 Å². The molecule has 2 fully saturated rings. The van der Waals surface area contributed by atoms with Crippen LogP contribution in [-0.4, -0.2) is 55.1 Å². The number of ether oxygens (including phenoxy) is 2. The number of hydrogen-bond acceptors (Lipinski definition) is 4. The van der Waals surface area contributed by atoms with Crippen molar-refractivity contribution in [3.63, 3.8) is 0 Å². The van der Waals surface area contributed by atoms with Gasteiger partial charge in [-0.25, -0.2) is 0 Å². The minimum absolute atomic E-state index is 0.226. The topological polar surface area (TPSA) is 41.9 Å². The van der Waals surface area contributed by atoms with Crippen molar-refractivity contribution in [2.24, 2.45) is 0 Å². The first-order valence-electron chi connectivity index (χ1n) is 8.59. The Labute approximate surface area is 146 Å². The van der Waals surface area contributed by atoms with E-state index in [1.807, 2.05) is 0 Å². The molecule has 0 spiro atoms. The average molecular weight is 384 g/mol. The van der Waals surface area contributed by atoms with Gasteiger partial charge in [-0.15, -0.1) is 0 Å². The Kier molecular flexibility index (Phi) is 6.48. The van der Waals surface area contributed by atoms with Gasteiger partial charge in [-0.05, 0) is 49.9 Å². The summed E-state index contributed by atoms with van der Waals surface area (Å²) in [5, 5.41) is 10.3. The zero-order valence-electron chi connectivity index (χ0n) is 13.5. The van der Waals surface area contributed by atoms with Crippen LogP contribution >= 0.6 is 15.9 Å². The highest BCUT2D eigenvalue weighted by atomic mass is 79.9. The molecular formula is C18H26BrNO3. The van der Waals surface area contributed by atoms with E-state index < -0.39 is 6.10 Å². The van der Waals surface area contributed by atoms with Crippen molar-refractivity contribution >= 4 is 15.9 Å². The highest BCUT2D eigenvalue weighted by Crippen LogP contribution is 2.32. The molecule has 128 valence electrons. The molecule has 0 aromatic heterocycles. The minimum Gasteiger partial charge on any atom is -0.389 e. The van der Waals surface area contributed by atoms with Crippen molar-refractivity contribution in [3.05, 3.63) is 34.3 Å². The summed E-state index contributed by atoms with van der Waals surface area (Å²) >= 11 is 3.49. The number of β-amino-alcohol motifs (C(OH)–C–C–N with tert-alkyl or cyclic N) is 1. The summed E-state index contributed by atoms with van der Waals surface area (Å²) in [6, 6.07) is 8.94. The van der Waals surface area contributed by atoms with Crippen LogP contribution in [0.15, 0.2) is 28.7 Å². The van der Waals surface area contributed by atoms with Gasteiger partial charge >= 0.3 is 0 Å². The molecule has 0 unspecified atom stereocenters. The number of likely N-dealkylation sites (tertiary alicyclic amines) is 1. The monoisotopic (exact) mass is 383 g/mol. The zero-order valence-corrected chi connectivity index (χ0v) is 15.1. The first-order valence-corrected chi connectivity index (χ1v) is 9.38. The molecule has 0 bridgehead atoms. The Morgan fingerprint density at radius 3 is 2.83 bits per heavy atom. The van der Waals surface area contributed by atoms with Crippen LogP contribution in [0.5, 0.6) is 0 Å².